The number of fused-ring (bicyclic) bond motifs is 1. The molecule has 2 fully saturated rings. The topological polar surface area (TPSA) is 92.0 Å². The molecule has 2 aliphatic heterocycles. The number of benzene rings is 1. The average Bonchev–Trinajstić information content (AvgIpc) is 3.58. The third-order valence-corrected chi connectivity index (χ3v) is 7.64. The Labute approximate surface area is 215 Å². The highest BCUT2D eigenvalue weighted by Gasteiger charge is 2.21. The van der Waals surface area contributed by atoms with E-state index in [1.54, 1.807) is 12.5 Å². The lowest BCUT2D eigenvalue weighted by atomic mass is 10.1. The Morgan fingerprint density at radius 2 is 1.81 bits per heavy atom. The van der Waals surface area contributed by atoms with Crippen molar-refractivity contribution in [2.45, 2.75) is 25.4 Å². The Morgan fingerprint density at radius 3 is 2.53 bits per heavy atom. The number of nitrogens with one attached hydrogen (secondary N) is 3. The Balaban J connectivity index is 1.14. The number of aromatic amines is 2. The van der Waals surface area contributed by atoms with E-state index in [1.807, 2.05) is 6.20 Å². The van der Waals surface area contributed by atoms with Gasteiger partial charge < -0.3 is 25.1 Å². The third-order valence-electron chi connectivity index (χ3n) is 7.35. The number of likely N-dealkylation sites (tertiary alicyclic amines) is 1. The molecule has 3 N–H and O–H groups in total. The number of imidazole rings is 2. The molecule has 0 radical (unpaired) electrons. The largest absolute Gasteiger partial charge is 0.379 e. The molecule has 1 aromatic carbocycles. The van der Waals surface area contributed by atoms with Crippen LogP contribution in [0.1, 0.15) is 18.5 Å². The van der Waals surface area contributed by atoms with Crippen LogP contribution in [0.5, 0.6) is 0 Å². The Hall–Kier alpha value is -3.14. The van der Waals surface area contributed by atoms with Gasteiger partial charge in [-0.05, 0) is 57.2 Å². The van der Waals surface area contributed by atoms with Gasteiger partial charge >= 0.3 is 0 Å². The van der Waals surface area contributed by atoms with Crippen molar-refractivity contribution in [3.8, 4) is 11.4 Å². The van der Waals surface area contributed by atoms with Crippen molar-refractivity contribution in [1.29, 1.82) is 0 Å². The van der Waals surface area contributed by atoms with Crippen LogP contribution < -0.4 is 10.2 Å². The number of pyridine rings is 1. The zero-order chi connectivity index (χ0) is 24.5. The van der Waals surface area contributed by atoms with E-state index in [1.165, 1.54) is 5.69 Å². The minimum Gasteiger partial charge on any atom is -0.379 e. The highest BCUT2D eigenvalue weighted by molar-refractivity contribution is 6.34. The molecule has 0 amide bonds. The summed E-state index contributed by atoms with van der Waals surface area (Å²) in [6.07, 6.45) is 7.60. The predicted molar refractivity (Wildman–Crippen MR) is 145 cm³/mol. The number of piperazine rings is 1. The first kappa shape index (κ1) is 23.3. The summed E-state index contributed by atoms with van der Waals surface area (Å²) in [6, 6.07) is 9.03. The molecule has 4 aromatic rings. The quantitative estimate of drug-likeness (QED) is 0.367. The van der Waals surface area contributed by atoms with Gasteiger partial charge in [0.25, 0.3) is 0 Å². The summed E-state index contributed by atoms with van der Waals surface area (Å²) in [5.41, 5.74) is 5.80. The molecule has 0 unspecified atom stereocenters. The second-order valence-corrected chi connectivity index (χ2v) is 10.3. The van der Waals surface area contributed by atoms with E-state index in [9.17, 15) is 0 Å². The molecule has 36 heavy (non-hydrogen) atoms. The van der Waals surface area contributed by atoms with E-state index in [0.717, 1.165) is 92.6 Å². The zero-order valence-corrected chi connectivity index (χ0v) is 21.3. The number of anilines is 2. The molecule has 3 aromatic heterocycles. The van der Waals surface area contributed by atoms with Crippen LogP contribution in [0, 0.1) is 0 Å². The summed E-state index contributed by atoms with van der Waals surface area (Å²) in [6.45, 7) is 7.12. The second kappa shape index (κ2) is 10.1. The fourth-order valence-corrected chi connectivity index (χ4v) is 5.36. The van der Waals surface area contributed by atoms with Crippen LogP contribution in [0.15, 0.2) is 43.0 Å². The summed E-state index contributed by atoms with van der Waals surface area (Å²) in [7, 11) is 2.17. The van der Waals surface area contributed by atoms with Gasteiger partial charge in [0.2, 0.25) is 0 Å². The predicted octanol–water partition coefficient (Wildman–Crippen LogP) is 3.83. The summed E-state index contributed by atoms with van der Waals surface area (Å²) < 4.78 is 0. The van der Waals surface area contributed by atoms with E-state index >= 15 is 0 Å². The van der Waals surface area contributed by atoms with E-state index in [0.29, 0.717) is 11.1 Å². The van der Waals surface area contributed by atoms with Crippen molar-refractivity contribution in [3.63, 3.8) is 0 Å². The van der Waals surface area contributed by atoms with Crippen molar-refractivity contribution in [2.75, 3.05) is 56.5 Å². The maximum absolute atomic E-state index is 6.56. The lowest BCUT2D eigenvalue weighted by Gasteiger charge is -2.35. The van der Waals surface area contributed by atoms with E-state index in [2.05, 4.69) is 71.3 Å². The first-order chi connectivity index (χ1) is 17.6. The van der Waals surface area contributed by atoms with Crippen molar-refractivity contribution >= 4 is 34.1 Å². The molecule has 10 heteroatoms. The number of piperidine rings is 1. The van der Waals surface area contributed by atoms with Crippen LogP contribution >= 0.6 is 11.6 Å². The van der Waals surface area contributed by atoms with Crippen LogP contribution in [0.2, 0.25) is 5.02 Å². The van der Waals surface area contributed by atoms with Crippen LogP contribution in [0.25, 0.3) is 22.6 Å². The average molecular weight is 506 g/mol. The summed E-state index contributed by atoms with van der Waals surface area (Å²) in [5, 5.41) is 4.26. The van der Waals surface area contributed by atoms with Gasteiger partial charge in [-0.1, -0.05) is 11.6 Å². The number of H-pyrrole nitrogens is 2. The molecule has 188 valence electrons. The van der Waals surface area contributed by atoms with Gasteiger partial charge in [-0.15, -0.1) is 0 Å². The Morgan fingerprint density at radius 1 is 1.03 bits per heavy atom. The number of hydrogen-bond donors (Lipinski definition) is 3. The molecule has 2 saturated heterocycles. The Bertz CT molecular complexity index is 1290. The van der Waals surface area contributed by atoms with E-state index in [-0.39, 0.29) is 0 Å². The molecule has 0 spiro atoms. The fraction of sp³-hybridized carbons (Fsp3) is 0.423. The molecule has 0 atom stereocenters. The van der Waals surface area contributed by atoms with Crippen molar-refractivity contribution < 1.29 is 0 Å². The van der Waals surface area contributed by atoms with Crippen LogP contribution in [-0.2, 0) is 6.54 Å². The molecular weight excluding hydrogens is 474 g/mol. The number of halogens is 1. The molecule has 2 aliphatic rings. The van der Waals surface area contributed by atoms with Gasteiger partial charge in [0.15, 0.2) is 5.65 Å². The molecule has 5 heterocycles. The molecule has 0 bridgehead atoms. The van der Waals surface area contributed by atoms with Gasteiger partial charge in [-0.3, -0.25) is 4.90 Å². The maximum atomic E-state index is 6.56. The molecule has 6 rings (SSSR count). The van der Waals surface area contributed by atoms with Crippen LogP contribution in [0.3, 0.4) is 0 Å². The molecule has 0 aliphatic carbocycles. The minimum absolute atomic E-state index is 0.392. The number of aromatic nitrogens is 5. The highest BCUT2D eigenvalue weighted by atomic mass is 35.5. The number of rotatable bonds is 6. The monoisotopic (exact) mass is 505 g/mol. The smallest absolute Gasteiger partial charge is 0.159 e. The van der Waals surface area contributed by atoms with E-state index < -0.39 is 0 Å². The zero-order valence-electron chi connectivity index (χ0n) is 20.5. The molecular formula is C26H32ClN9. The first-order valence-corrected chi connectivity index (χ1v) is 13.0. The van der Waals surface area contributed by atoms with Gasteiger partial charge in [0.05, 0.1) is 28.9 Å². The normalized spacial score (nSPS) is 18.2. The molecule has 0 saturated carbocycles. The van der Waals surface area contributed by atoms with Crippen molar-refractivity contribution in [2.24, 2.45) is 0 Å². The maximum Gasteiger partial charge on any atom is 0.159 e. The Kier molecular flexibility index (Phi) is 6.52. The van der Waals surface area contributed by atoms with Gasteiger partial charge in [-0.25, -0.2) is 15.0 Å². The standard InChI is InChI=1S/C26H32ClN9/c1-34-8-6-19(7-9-34)31-23-22(27)15-29-26-24(23)32-25(33-26)18-2-4-21(5-3-18)36-12-10-35(11-13-36)16-20-14-28-17-30-20/h2-5,14-15,17,19H,6-13,16H2,1H3,(H,28,30)(H2,29,31,32,33). The van der Waals surface area contributed by atoms with E-state index in [4.69, 9.17) is 16.6 Å². The van der Waals surface area contributed by atoms with Gasteiger partial charge in [-0.2, -0.15) is 0 Å². The first-order valence-electron chi connectivity index (χ1n) is 12.7. The lowest BCUT2D eigenvalue weighted by Crippen LogP contribution is -2.46. The third kappa shape index (κ3) is 4.91. The van der Waals surface area contributed by atoms with Crippen molar-refractivity contribution in [1.82, 2.24) is 34.7 Å². The lowest BCUT2D eigenvalue weighted by molar-refractivity contribution is 0.247. The van der Waals surface area contributed by atoms with Crippen molar-refractivity contribution in [3.05, 3.63) is 53.7 Å². The van der Waals surface area contributed by atoms with Crippen LogP contribution in [-0.4, -0.2) is 87.1 Å². The molecule has 9 nitrogen and oxygen atoms in total. The summed E-state index contributed by atoms with van der Waals surface area (Å²) in [4.78, 5) is 27.4. The highest BCUT2D eigenvalue weighted by Crippen LogP contribution is 2.32. The SMILES string of the molecule is CN1CCC(Nc2c(Cl)cnc3[nH]c(-c4ccc(N5CCN(Cc6c[nH]cn6)CC5)cc4)nc23)CC1. The fourth-order valence-electron chi connectivity index (χ4n) is 5.16. The summed E-state index contributed by atoms with van der Waals surface area (Å²) in [5.74, 6) is 0.807. The minimum atomic E-state index is 0.392. The number of nitrogens with zero attached hydrogens (tertiary/aromatic N) is 6. The van der Waals surface area contributed by atoms with Gasteiger partial charge in [0.1, 0.15) is 11.3 Å². The summed E-state index contributed by atoms with van der Waals surface area (Å²) >= 11 is 6.56. The second-order valence-electron chi connectivity index (χ2n) is 9.86. The van der Waals surface area contributed by atoms with Crippen LogP contribution in [0.4, 0.5) is 11.4 Å². The van der Waals surface area contributed by atoms with Gasteiger partial charge in [0, 0.05) is 56.2 Å². The number of hydrogen-bond acceptors (Lipinski definition) is 7.